The lowest BCUT2D eigenvalue weighted by Crippen LogP contribution is -2.31. The number of hydrogen-bond acceptors (Lipinski definition) is 3. The Kier molecular flexibility index (Phi) is 5.65. The summed E-state index contributed by atoms with van der Waals surface area (Å²) in [5.74, 6) is 5.44. The minimum Gasteiger partial charge on any atom is -0.508 e. The van der Waals surface area contributed by atoms with Gasteiger partial charge in [-0.25, -0.2) is 5.84 Å². The molecular formula is C14H22N2O2. The molecule has 100 valence electrons. The highest BCUT2D eigenvalue weighted by Gasteiger charge is 2.16. The minimum absolute atomic E-state index is 0.151. The molecule has 18 heavy (non-hydrogen) atoms. The number of benzene rings is 1. The highest BCUT2D eigenvalue weighted by Crippen LogP contribution is 2.29. The number of rotatable bonds is 6. The van der Waals surface area contributed by atoms with Crippen LogP contribution in [0, 0.1) is 6.92 Å². The molecule has 0 radical (unpaired) electrons. The van der Waals surface area contributed by atoms with Gasteiger partial charge in [0.2, 0.25) is 5.91 Å². The van der Waals surface area contributed by atoms with E-state index in [0.29, 0.717) is 6.42 Å². The van der Waals surface area contributed by atoms with Crippen LogP contribution in [0.1, 0.15) is 49.7 Å². The Morgan fingerprint density at radius 3 is 2.78 bits per heavy atom. The first kappa shape index (κ1) is 14.5. The number of nitrogens with two attached hydrogens (primary N) is 1. The summed E-state index contributed by atoms with van der Waals surface area (Å²) < 4.78 is 0. The van der Waals surface area contributed by atoms with Gasteiger partial charge in [0.15, 0.2) is 0 Å². The fourth-order valence-electron chi connectivity index (χ4n) is 2.05. The molecule has 0 spiro atoms. The number of amides is 1. The summed E-state index contributed by atoms with van der Waals surface area (Å²) in [4.78, 5) is 11.4. The maximum Gasteiger partial charge on any atom is 0.234 e. The van der Waals surface area contributed by atoms with Gasteiger partial charge in [-0.2, -0.15) is 0 Å². The standard InChI is InChI=1S/C14H22N2O2/c1-3-4-5-11(9-14(18)16-15)12-6-7-13(17)10(2)8-12/h6-8,11,17H,3-5,9,15H2,1-2H3,(H,16,18). The Bertz CT molecular complexity index is 405. The number of aromatic hydroxyl groups is 1. The van der Waals surface area contributed by atoms with Gasteiger partial charge in [-0.15, -0.1) is 0 Å². The minimum atomic E-state index is -0.151. The van der Waals surface area contributed by atoms with E-state index >= 15 is 0 Å². The third-order valence-electron chi connectivity index (χ3n) is 3.19. The summed E-state index contributed by atoms with van der Waals surface area (Å²) in [6.07, 6.45) is 3.51. The van der Waals surface area contributed by atoms with Crippen molar-refractivity contribution >= 4 is 5.91 Å². The fourth-order valence-corrected chi connectivity index (χ4v) is 2.05. The van der Waals surface area contributed by atoms with Crippen molar-refractivity contribution in [2.45, 2.75) is 45.4 Å². The van der Waals surface area contributed by atoms with Crippen molar-refractivity contribution < 1.29 is 9.90 Å². The fraction of sp³-hybridized carbons (Fsp3) is 0.500. The molecule has 0 fully saturated rings. The number of aryl methyl sites for hydroxylation is 1. The van der Waals surface area contributed by atoms with E-state index in [9.17, 15) is 9.90 Å². The zero-order valence-electron chi connectivity index (χ0n) is 11.1. The quantitative estimate of drug-likeness (QED) is 0.412. The van der Waals surface area contributed by atoms with Crippen molar-refractivity contribution in [3.63, 3.8) is 0 Å². The smallest absolute Gasteiger partial charge is 0.234 e. The van der Waals surface area contributed by atoms with Gasteiger partial charge in [0.05, 0.1) is 0 Å². The van der Waals surface area contributed by atoms with Crippen LogP contribution in [0.5, 0.6) is 5.75 Å². The lowest BCUT2D eigenvalue weighted by molar-refractivity contribution is -0.121. The molecule has 0 aromatic heterocycles. The van der Waals surface area contributed by atoms with Crippen LogP contribution < -0.4 is 11.3 Å². The molecule has 4 N–H and O–H groups in total. The topological polar surface area (TPSA) is 75.4 Å². The Hall–Kier alpha value is -1.55. The van der Waals surface area contributed by atoms with E-state index in [2.05, 4.69) is 12.3 Å². The molecule has 0 aliphatic heterocycles. The lowest BCUT2D eigenvalue weighted by atomic mass is 9.89. The molecule has 4 nitrogen and oxygen atoms in total. The van der Waals surface area contributed by atoms with E-state index in [1.165, 1.54) is 0 Å². The van der Waals surface area contributed by atoms with Gasteiger partial charge in [-0.3, -0.25) is 10.2 Å². The number of unbranched alkanes of at least 4 members (excludes halogenated alkanes) is 1. The van der Waals surface area contributed by atoms with E-state index in [-0.39, 0.29) is 17.6 Å². The van der Waals surface area contributed by atoms with Crippen LogP contribution in [0.25, 0.3) is 0 Å². The van der Waals surface area contributed by atoms with E-state index in [1.807, 2.05) is 19.1 Å². The normalized spacial score (nSPS) is 12.2. The van der Waals surface area contributed by atoms with Gasteiger partial charge in [0.25, 0.3) is 0 Å². The SMILES string of the molecule is CCCCC(CC(=O)NN)c1ccc(O)c(C)c1. The molecule has 1 rings (SSSR count). The Balaban J connectivity index is 2.86. The molecule has 0 saturated carbocycles. The van der Waals surface area contributed by atoms with Crippen molar-refractivity contribution in [3.05, 3.63) is 29.3 Å². The van der Waals surface area contributed by atoms with Gasteiger partial charge in [-0.1, -0.05) is 31.9 Å². The number of carbonyl (C=O) groups excluding carboxylic acids is 1. The average molecular weight is 250 g/mol. The first-order valence-electron chi connectivity index (χ1n) is 6.37. The van der Waals surface area contributed by atoms with E-state index in [4.69, 9.17) is 5.84 Å². The predicted octanol–water partition coefficient (Wildman–Crippen LogP) is 2.35. The van der Waals surface area contributed by atoms with Gasteiger partial charge in [0.1, 0.15) is 5.75 Å². The van der Waals surface area contributed by atoms with Gasteiger partial charge in [0, 0.05) is 6.42 Å². The van der Waals surface area contributed by atoms with Gasteiger partial charge in [-0.05, 0) is 36.5 Å². The zero-order chi connectivity index (χ0) is 13.5. The first-order valence-corrected chi connectivity index (χ1v) is 6.37. The zero-order valence-corrected chi connectivity index (χ0v) is 11.1. The van der Waals surface area contributed by atoms with Crippen LogP contribution in [-0.4, -0.2) is 11.0 Å². The first-order chi connectivity index (χ1) is 8.58. The molecule has 0 aliphatic rings. The summed E-state index contributed by atoms with van der Waals surface area (Å²) in [6.45, 7) is 3.99. The summed E-state index contributed by atoms with van der Waals surface area (Å²) >= 11 is 0. The summed E-state index contributed by atoms with van der Waals surface area (Å²) in [6, 6.07) is 5.51. The summed E-state index contributed by atoms with van der Waals surface area (Å²) in [5.41, 5.74) is 4.10. The van der Waals surface area contributed by atoms with E-state index < -0.39 is 0 Å². The third kappa shape index (κ3) is 4.04. The number of phenols is 1. The van der Waals surface area contributed by atoms with Crippen molar-refractivity contribution in [2.75, 3.05) is 0 Å². The molecule has 1 amide bonds. The molecular weight excluding hydrogens is 228 g/mol. The maximum atomic E-state index is 11.4. The molecule has 0 bridgehead atoms. The number of phenolic OH excluding ortho intramolecular Hbond substituents is 1. The summed E-state index contributed by atoms with van der Waals surface area (Å²) in [7, 11) is 0. The number of carbonyl (C=O) groups is 1. The average Bonchev–Trinajstić information content (AvgIpc) is 2.37. The number of nitrogens with one attached hydrogen (secondary N) is 1. The highest BCUT2D eigenvalue weighted by molar-refractivity contribution is 5.76. The van der Waals surface area contributed by atoms with Crippen molar-refractivity contribution in [3.8, 4) is 5.75 Å². The Morgan fingerprint density at radius 1 is 1.50 bits per heavy atom. The van der Waals surface area contributed by atoms with Crippen molar-refractivity contribution in [1.29, 1.82) is 0 Å². The lowest BCUT2D eigenvalue weighted by Gasteiger charge is -2.17. The van der Waals surface area contributed by atoms with Crippen molar-refractivity contribution in [2.24, 2.45) is 5.84 Å². The second kappa shape index (κ2) is 7.01. The molecule has 0 aliphatic carbocycles. The molecule has 1 aromatic rings. The molecule has 1 unspecified atom stereocenters. The van der Waals surface area contributed by atoms with Crippen LogP contribution in [0.15, 0.2) is 18.2 Å². The number of hydrogen-bond donors (Lipinski definition) is 3. The van der Waals surface area contributed by atoms with Crippen LogP contribution in [0.2, 0.25) is 0 Å². The predicted molar refractivity (Wildman–Crippen MR) is 72.1 cm³/mol. The highest BCUT2D eigenvalue weighted by atomic mass is 16.3. The molecule has 0 heterocycles. The van der Waals surface area contributed by atoms with Crippen LogP contribution in [0.4, 0.5) is 0 Å². The van der Waals surface area contributed by atoms with Crippen molar-refractivity contribution in [1.82, 2.24) is 5.43 Å². The second-order valence-corrected chi connectivity index (χ2v) is 4.66. The van der Waals surface area contributed by atoms with E-state index in [0.717, 1.165) is 30.4 Å². The largest absolute Gasteiger partial charge is 0.508 e. The van der Waals surface area contributed by atoms with Crippen LogP contribution in [0.3, 0.4) is 0 Å². The third-order valence-corrected chi connectivity index (χ3v) is 3.19. The molecule has 1 aromatic carbocycles. The van der Waals surface area contributed by atoms with Crippen LogP contribution >= 0.6 is 0 Å². The Labute approximate surface area is 108 Å². The summed E-state index contributed by atoms with van der Waals surface area (Å²) in [5, 5.41) is 9.53. The maximum absolute atomic E-state index is 11.4. The van der Waals surface area contributed by atoms with E-state index in [1.54, 1.807) is 6.07 Å². The molecule has 4 heteroatoms. The number of hydrazine groups is 1. The van der Waals surface area contributed by atoms with Crippen LogP contribution in [-0.2, 0) is 4.79 Å². The second-order valence-electron chi connectivity index (χ2n) is 4.66. The molecule has 1 atom stereocenters. The molecule has 0 saturated heterocycles. The van der Waals surface area contributed by atoms with Gasteiger partial charge >= 0.3 is 0 Å². The monoisotopic (exact) mass is 250 g/mol. The Morgan fingerprint density at radius 2 is 2.22 bits per heavy atom. The van der Waals surface area contributed by atoms with Gasteiger partial charge < -0.3 is 5.11 Å².